The van der Waals surface area contributed by atoms with E-state index in [2.05, 4.69) is 59.9 Å². The van der Waals surface area contributed by atoms with Crippen LogP contribution in [-0.4, -0.2) is 25.8 Å². The van der Waals surface area contributed by atoms with Gasteiger partial charge in [0.2, 0.25) is 0 Å². The third kappa shape index (κ3) is 4.92. The minimum absolute atomic E-state index is 0.224. The van der Waals surface area contributed by atoms with Crippen molar-refractivity contribution in [2.75, 3.05) is 14.2 Å². The number of oxime groups is 1. The maximum Gasteiger partial charge on any atom is 0.273 e. The lowest BCUT2D eigenvalue weighted by molar-refractivity contribution is -0.114. The highest BCUT2D eigenvalue weighted by atomic mass is 16.6. The molecule has 0 bridgehead atoms. The van der Waals surface area contributed by atoms with Crippen LogP contribution in [0.3, 0.4) is 0 Å². The summed E-state index contributed by atoms with van der Waals surface area (Å²) in [5.41, 5.74) is 7.13. The number of amides is 1. The Kier molecular flexibility index (Phi) is 7.08. The van der Waals surface area contributed by atoms with E-state index in [0.29, 0.717) is 18.1 Å². The van der Waals surface area contributed by atoms with Gasteiger partial charge in [0, 0.05) is 18.5 Å². The highest BCUT2D eigenvalue weighted by molar-refractivity contribution is 6.45. The van der Waals surface area contributed by atoms with E-state index in [1.807, 2.05) is 24.3 Å². The lowest BCUT2D eigenvalue weighted by Gasteiger charge is -2.26. The Morgan fingerprint density at radius 2 is 1.88 bits per heavy atom. The van der Waals surface area contributed by atoms with Crippen molar-refractivity contribution in [1.29, 1.82) is 0 Å². The molecule has 1 amide bonds. The Morgan fingerprint density at radius 3 is 2.67 bits per heavy atom. The minimum atomic E-state index is -0.308. The van der Waals surface area contributed by atoms with Crippen LogP contribution in [-0.2, 0) is 22.7 Å². The first-order valence-electron chi connectivity index (χ1n) is 11.3. The number of aryl methyl sites for hydroxylation is 2. The molecule has 0 radical (unpaired) electrons. The zero-order valence-corrected chi connectivity index (χ0v) is 19.4. The van der Waals surface area contributed by atoms with Crippen molar-refractivity contribution in [2.45, 2.75) is 38.7 Å². The highest BCUT2D eigenvalue weighted by Gasteiger charge is 2.22. The summed E-state index contributed by atoms with van der Waals surface area (Å²) in [7, 11) is 3.00. The molecule has 3 aromatic carbocycles. The fourth-order valence-electron chi connectivity index (χ4n) is 4.61. The van der Waals surface area contributed by atoms with Crippen LogP contribution >= 0.6 is 0 Å². The summed E-state index contributed by atoms with van der Waals surface area (Å²) < 4.78 is 6.19. The zero-order chi connectivity index (χ0) is 23.2. The summed E-state index contributed by atoms with van der Waals surface area (Å²) in [6.45, 7) is 2.41. The van der Waals surface area contributed by atoms with Gasteiger partial charge in [-0.1, -0.05) is 65.8 Å². The van der Waals surface area contributed by atoms with E-state index in [0.717, 1.165) is 23.3 Å². The first-order valence-corrected chi connectivity index (χ1v) is 11.3. The molecule has 1 atom stereocenters. The van der Waals surface area contributed by atoms with Crippen molar-refractivity contribution in [3.63, 3.8) is 0 Å². The van der Waals surface area contributed by atoms with E-state index < -0.39 is 0 Å². The van der Waals surface area contributed by atoms with E-state index in [-0.39, 0.29) is 11.6 Å². The quantitative estimate of drug-likeness (QED) is 0.407. The largest absolute Gasteiger partial charge is 0.489 e. The number of carbonyl (C=O) groups is 1. The number of hydrogen-bond donors (Lipinski definition) is 1. The molecule has 0 aromatic heterocycles. The van der Waals surface area contributed by atoms with Crippen LogP contribution < -0.4 is 10.1 Å². The molecule has 170 valence electrons. The summed E-state index contributed by atoms with van der Waals surface area (Å²) in [6, 6.07) is 22.9. The van der Waals surface area contributed by atoms with Crippen LogP contribution in [0.15, 0.2) is 71.9 Å². The predicted molar refractivity (Wildman–Crippen MR) is 131 cm³/mol. The molecule has 0 heterocycles. The van der Waals surface area contributed by atoms with Crippen molar-refractivity contribution >= 4 is 11.6 Å². The highest BCUT2D eigenvalue weighted by Crippen LogP contribution is 2.38. The SMILES string of the molecule is CNC(=O)C(=NOC)c1ccccc1COc1ccc(C2CCCc3ccccc32)cc1C. The van der Waals surface area contributed by atoms with Crippen molar-refractivity contribution in [3.8, 4) is 5.75 Å². The summed E-state index contributed by atoms with van der Waals surface area (Å²) >= 11 is 0. The lowest BCUT2D eigenvalue weighted by Crippen LogP contribution is -2.29. The molecule has 1 N–H and O–H groups in total. The van der Waals surface area contributed by atoms with Crippen LogP contribution in [0.2, 0.25) is 0 Å². The molecule has 5 heteroatoms. The second-order valence-electron chi connectivity index (χ2n) is 8.32. The van der Waals surface area contributed by atoms with Gasteiger partial charge in [-0.25, -0.2) is 0 Å². The third-order valence-corrected chi connectivity index (χ3v) is 6.25. The molecule has 5 nitrogen and oxygen atoms in total. The number of carbonyl (C=O) groups excluding carboxylic acids is 1. The molecule has 1 unspecified atom stereocenters. The maximum atomic E-state index is 12.3. The zero-order valence-electron chi connectivity index (χ0n) is 19.4. The number of nitrogens with zero attached hydrogens (tertiary/aromatic N) is 1. The van der Waals surface area contributed by atoms with E-state index in [4.69, 9.17) is 9.57 Å². The maximum absolute atomic E-state index is 12.3. The Bertz CT molecular complexity index is 1170. The number of hydrogen-bond acceptors (Lipinski definition) is 4. The van der Waals surface area contributed by atoms with Crippen molar-refractivity contribution in [1.82, 2.24) is 5.32 Å². The van der Waals surface area contributed by atoms with Gasteiger partial charge in [0.05, 0.1) is 0 Å². The van der Waals surface area contributed by atoms with Gasteiger partial charge in [-0.05, 0) is 60.1 Å². The molecule has 33 heavy (non-hydrogen) atoms. The number of benzene rings is 3. The van der Waals surface area contributed by atoms with Crippen molar-refractivity contribution in [3.05, 3.63) is 100 Å². The molecular formula is C28H30N2O3. The van der Waals surface area contributed by atoms with Crippen LogP contribution in [0, 0.1) is 6.92 Å². The topological polar surface area (TPSA) is 59.9 Å². The smallest absolute Gasteiger partial charge is 0.273 e. The summed E-state index contributed by atoms with van der Waals surface area (Å²) in [4.78, 5) is 17.2. The van der Waals surface area contributed by atoms with Gasteiger partial charge in [0.15, 0.2) is 5.71 Å². The Morgan fingerprint density at radius 1 is 1.09 bits per heavy atom. The molecule has 0 saturated carbocycles. The number of likely N-dealkylation sites (N-methyl/N-ethyl adjacent to an activating group) is 1. The molecule has 3 aromatic rings. The first kappa shape index (κ1) is 22.6. The van der Waals surface area contributed by atoms with E-state index in [1.165, 1.54) is 36.6 Å². The fraction of sp³-hybridized carbons (Fsp3) is 0.286. The molecule has 1 aliphatic carbocycles. The average Bonchev–Trinajstić information content (AvgIpc) is 2.86. The second-order valence-corrected chi connectivity index (χ2v) is 8.32. The fourth-order valence-corrected chi connectivity index (χ4v) is 4.61. The summed E-state index contributed by atoms with van der Waals surface area (Å²) in [6.07, 6.45) is 3.55. The molecule has 0 fully saturated rings. The van der Waals surface area contributed by atoms with Crippen LogP contribution in [0.25, 0.3) is 0 Å². The molecule has 0 spiro atoms. The van der Waals surface area contributed by atoms with Gasteiger partial charge in [-0.15, -0.1) is 0 Å². The van der Waals surface area contributed by atoms with Crippen LogP contribution in [0.1, 0.15) is 52.1 Å². The number of rotatable bonds is 7. The number of fused-ring (bicyclic) bond motifs is 1. The Balaban J connectivity index is 1.55. The van der Waals surface area contributed by atoms with E-state index in [9.17, 15) is 4.79 Å². The monoisotopic (exact) mass is 442 g/mol. The second kappa shape index (κ2) is 10.3. The number of ether oxygens (including phenoxy) is 1. The lowest BCUT2D eigenvalue weighted by atomic mass is 9.79. The van der Waals surface area contributed by atoms with Crippen molar-refractivity contribution < 1.29 is 14.4 Å². The molecular weight excluding hydrogens is 412 g/mol. The van der Waals surface area contributed by atoms with Gasteiger partial charge in [0.25, 0.3) is 5.91 Å². The average molecular weight is 443 g/mol. The van der Waals surface area contributed by atoms with Gasteiger partial charge in [-0.2, -0.15) is 0 Å². The van der Waals surface area contributed by atoms with E-state index >= 15 is 0 Å². The van der Waals surface area contributed by atoms with Gasteiger partial charge >= 0.3 is 0 Å². The molecule has 0 aliphatic heterocycles. The standard InChI is InChI=1S/C28H30N2O3/c1-19-17-21(24-14-8-11-20-9-4-6-12-23(20)24)15-16-26(19)33-18-22-10-5-7-13-25(22)27(30-32-3)28(31)29-2/h4-7,9-10,12-13,15-17,24H,8,11,14,18H2,1-3H3,(H,29,31). The molecule has 4 rings (SSSR count). The summed E-state index contributed by atoms with van der Waals surface area (Å²) in [5.74, 6) is 0.962. The molecule has 0 saturated heterocycles. The van der Waals surface area contributed by atoms with Gasteiger partial charge < -0.3 is 14.9 Å². The van der Waals surface area contributed by atoms with Gasteiger partial charge in [0.1, 0.15) is 19.5 Å². The van der Waals surface area contributed by atoms with Gasteiger partial charge in [-0.3, -0.25) is 4.79 Å². The number of nitrogens with one attached hydrogen (secondary N) is 1. The van der Waals surface area contributed by atoms with Crippen LogP contribution in [0.5, 0.6) is 5.75 Å². The summed E-state index contributed by atoms with van der Waals surface area (Å²) in [5, 5.41) is 6.54. The van der Waals surface area contributed by atoms with Crippen molar-refractivity contribution in [2.24, 2.45) is 5.16 Å². The minimum Gasteiger partial charge on any atom is -0.489 e. The van der Waals surface area contributed by atoms with Crippen LogP contribution in [0.4, 0.5) is 0 Å². The molecule has 1 aliphatic rings. The van der Waals surface area contributed by atoms with E-state index in [1.54, 1.807) is 7.05 Å². The predicted octanol–water partition coefficient (Wildman–Crippen LogP) is 5.14. The third-order valence-electron chi connectivity index (χ3n) is 6.25. The Labute approximate surface area is 195 Å². The normalized spacial score (nSPS) is 15.5. The first-order chi connectivity index (χ1) is 16.1. The Hall–Kier alpha value is -3.60.